The van der Waals surface area contributed by atoms with E-state index in [2.05, 4.69) is 10.6 Å². The van der Waals surface area contributed by atoms with Crippen molar-refractivity contribution in [3.63, 3.8) is 0 Å². The van der Waals surface area contributed by atoms with Crippen molar-refractivity contribution in [2.75, 3.05) is 47.0 Å². The molecule has 0 spiro atoms. The minimum Gasteiger partial charge on any atom is -0.383 e. The molecule has 1 rings (SSSR count). The van der Waals surface area contributed by atoms with E-state index in [4.69, 9.17) is 15.2 Å². The maximum Gasteiger partial charge on any atom is 0.321 e. The van der Waals surface area contributed by atoms with Gasteiger partial charge in [0.1, 0.15) is 0 Å². The Balaban J connectivity index is 2.34. The van der Waals surface area contributed by atoms with Crippen LogP contribution >= 0.6 is 0 Å². The normalized spacial score (nSPS) is 22.8. The number of nitrogens with two attached hydrogens (primary N) is 1. The molecule has 8 nitrogen and oxygen atoms in total. The number of rotatable bonds is 7. The van der Waals surface area contributed by atoms with Gasteiger partial charge in [0.05, 0.1) is 19.3 Å². The second kappa shape index (κ2) is 9.67. The topological polar surface area (TPSA) is 106 Å². The number of amides is 3. The van der Waals surface area contributed by atoms with Crippen LogP contribution < -0.4 is 16.4 Å². The Bertz CT molecular complexity index is 340. The lowest BCUT2D eigenvalue weighted by atomic mass is 9.99. The number of imide groups is 1. The van der Waals surface area contributed by atoms with Crippen molar-refractivity contribution in [3.8, 4) is 0 Å². The van der Waals surface area contributed by atoms with Crippen molar-refractivity contribution in [2.24, 2.45) is 5.73 Å². The first-order chi connectivity index (χ1) is 10.1. The van der Waals surface area contributed by atoms with Crippen LogP contribution in [0.25, 0.3) is 0 Å². The van der Waals surface area contributed by atoms with Crippen LogP contribution in [-0.2, 0) is 14.3 Å². The molecular formula is C13H26N4O4. The van der Waals surface area contributed by atoms with Gasteiger partial charge in [0.15, 0.2) is 0 Å². The van der Waals surface area contributed by atoms with Crippen molar-refractivity contribution >= 4 is 11.9 Å². The molecule has 0 aromatic rings. The predicted molar refractivity (Wildman–Crippen MR) is 77.9 cm³/mol. The van der Waals surface area contributed by atoms with Crippen LogP contribution in [0.15, 0.2) is 0 Å². The fraction of sp³-hybridized carbons (Fsp3) is 0.846. The molecule has 8 heteroatoms. The Kier molecular flexibility index (Phi) is 8.21. The van der Waals surface area contributed by atoms with Crippen LogP contribution in [-0.4, -0.2) is 76.0 Å². The van der Waals surface area contributed by atoms with Crippen LogP contribution in [0.4, 0.5) is 4.79 Å². The average molecular weight is 302 g/mol. The fourth-order valence-corrected chi connectivity index (χ4v) is 2.39. The SMILES string of the molecule is COCCNC(=O)NC(=O)CN1CCC(OC)CC1CN. The molecule has 3 amide bonds. The molecule has 0 aromatic carbocycles. The summed E-state index contributed by atoms with van der Waals surface area (Å²) in [5.74, 6) is -0.334. The van der Waals surface area contributed by atoms with Crippen molar-refractivity contribution < 1.29 is 19.1 Å². The molecule has 2 atom stereocenters. The highest BCUT2D eigenvalue weighted by Gasteiger charge is 2.28. The Morgan fingerprint density at radius 2 is 2.14 bits per heavy atom. The predicted octanol–water partition coefficient (Wildman–Crippen LogP) is -1.10. The van der Waals surface area contributed by atoms with Gasteiger partial charge in [0, 0.05) is 39.9 Å². The molecule has 1 aliphatic rings. The number of piperidine rings is 1. The maximum atomic E-state index is 11.9. The maximum absolute atomic E-state index is 11.9. The number of hydrogen-bond donors (Lipinski definition) is 3. The quantitative estimate of drug-likeness (QED) is 0.515. The van der Waals surface area contributed by atoms with Gasteiger partial charge in [0.2, 0.25) is 5.91 Å². The van der Waals surface area contributed by atoms with Crippen molar-refractivity contribution in [1.82, 2.24) is 15.5 Å². The third-order valence-corrected chi connectivity index (χ3v) is 3.59. The number of ether oxygens (including phenoxy) is 2. The van der Waals surface area contributed by atoms with Gasteiger partial charge in [-0.3, -0.25) is 15.0 Å². The monoisotopic (exact) mass is 302 g/mol. The number of nitrogens with one attached hydrogen (secondary N) is 2. The van der Waals surface area contributed by atoms with Crippen LogP contribution in [0.3, 0.4) is 0 Å². The summed E-state index contributed by atoms with van der Waals surface area (Å²) in [5.41, 5.74) is 5.75. The van der Waals surface area contributed by atoms with E-state index in [1.54, 1.807) is 14.2 Å². The minimum absolute atomic E-state index is 0.103. The zero-order chi connectivity index (χ0) is 15.7. The van der Waals surface area contributed by atoms with Gasteiger partial charge in [0.25, 0.3) is 0 Å². The van der Waals surface area contributed by atoms with E-state index in [9.17, 15) is 9.59 Å². The third-order valence-electron chi connectivity index (χ3n) is 3.59. The molecule has 0 bridgehead atoms. The first-order valence-corrected chi connectivity index (χ1v) is 7.14. The summed E-state index contributed by atoms with van der Waals surface area (Å²) in [6.45, 7) is 2.13. The summed E-state index contributed by atoms with van der Waals surface area (Å²) >= 11 is 0. The molecule has 0 radical (unpaired) electrons. The van der Waals surface area contributed by atoms with E-state index in [0.29, 0.717) is 19.7 Å². The summed E-state index contributed by atoms with van der Waals surface area (Å²) in [6, 6.07) is -0.404. The summed E-state index contributed by atoms with van der Waals surface area (Å²) < 4.78 is 10.1. The molecule has 122 valence electrons. The van der Waals surface area contributed by atoms with Crippen LogP contribution in [0, 0.1) is 0 Å². The molecule has 1 aliphatic heterocycles. The van der Waals surface area contributed by atoms with E-state index in [1.807, 2.05) is 4.90 Å². The zero-order valence-electron chi connectivity index (χ0n) is 12.8. The highest BCUT2D eigenvalue weighted by molar-refractivity contribution is 5.95. The number of carbonyl (C=O) groups is 2. The first-order valence-electron chi connectivity index (χ1n) is 7.14. The largest absolute Gasteiger partial charge is 0.383 e. The Morgan fingerprint density at radius 1 is 1.38 bits per heavy atom. The average Bonchev–Trinajstić information content (AvgIpc) is 2.47. The lowest BCUT2D eigenvalue weighted by Gasteiger charge is -2.37. The number of carbonyl (C=O) groups excluding carboxylic acids is 2. The van der Waals surface area contributed by atoms with E-state index in [-0.39, 0.29) is 24.6 Å². The van der Waals surface area contributed by atoms with Crippen LogP contribution in [0.5, 0.6) is 0 Å². The minimum atomic E-state index is -0.506. The van der Waals surface area contributed by atoms with Crippen molar-refractivity contribution in [2.45, 2.75) is 25.0 Å². The molecular weight excluding hydrogens is 276 g/mol. The number of methoxy groups -OCH3 is 2. The molecule has 1 heterocycles. The van der Waals surface area contributed by atoms with Crippen LogP contribution in [0.1, 0.15) is 12.8 Å². The van der Waals surface area contributed by atoms with Gasteiger partial charge in [-0.1, -0.05) is 0 Å². The van der Waals surface area contributed by atoms with Gasteiger partial charge in [-0.25, -0.2) is 4.79 Å². The van der Waals surface area contributed by atoms with Crippen LogP contribution in [0.2, 0.25) is 0 Å². The third kappa shape index (κ3) is 6.38. The van der Waals surface area contributed by atoms with Gasteiger partial charge < -0.3 is 20.5 Å². The summed E-state index contributed by atoms with van der Waals surface area (Å²) in [4.78, 5) is 25.3. The Labute approximate surface area is 125 Å². The van der Waals surface area contributed by atoms with E-state index < -0.39 is 6.03 Å². The van der Waals surface area contributed by atoms with E-state index >= 15 is 0 Å². The molecule has 1 fully saturated rings. The molecule has 21 heavy (non-hydrogen) atoms. The summed E-state index contributed by atoms with van der Waals surface area (Å²) in [6.07, 6.45) is 1.86. The van der Waals surface area contributed by atoms with Gasteiger partial charge >= 0.3 is 6.03 Å². The number of urea groups is 1. The smallest absolute Gasteiger partial charge is 0.321 e. The second-order valence-corrected chi connectivity index (χ2v) is 5.04. The Hall–Kier alpha value is -1.22. The standard InChI is InChI=1S/C13H26N4O4/c1-20-6-4-15-13(19)16-12(18)9-17-5-3-11(21-2)7-10(17)8-14/h10-11H,3-9,14H2,1-2H3,(H2,15,16,18,19). The second-order valence-electron chi connectivity index (χ2n) is 5.04. The molecule has 0 aliphatic carbocycles. The summed E-state index contributed by atoms with van der Waals surface area (Å²) in [7, 11) is 3.23. The number of nitrogens with zero attached hydrogens (tertiary/aromatic N) is 1. The lowest BCUT2D eigenvalue weighted by molar-refractivity contribution is -0.122. The summed E-state index contributed by atoms with van der Waals surface area (Å²) in [5, 5.41) is 4.83. The molecule has 2 unspecified atom stereocenters. The fourth-order valence-electron chi connectivity index (χ4n) is 2.39. The van der Waals surface area contributed by atoms with E-state index in [0.717, 1.165) is 19.4 Å². The van der Waals surface area contributed by atoms with Gasteiger partial charge in [-0.2, -0.15) is 0 Å². The molecule has 4 N–H and O–H groups in total. The lowest BCUT2D eigenvalue weighted by Crippen LogP contribution is -2.53. The van der Waals surface area contributed by atoms with Crippen molar-refractivity contribution in [3.05, 3.63) is 0 Å². The highest BCUT2D eigenvalue weighted by Crippen LogP contribution is 2.18. The van der Waals surface area contributed by atoms with Gasteiger partial charge in [-0.05, 0) is 12.8 Å². The molecule has 1 saturated heterocycles. The molecule has 0 saturated carbocycles. The van der Waals surface area contributed by atoms with Gasteiger partial charge in [-0.15, -0.1) is 0 Å². The zero-order valence-corrected chi connectivity index (χ0v) is 12.8. The highest BCUT2D eigenvalue weighted by atomic mass is 16.5. The Morgan fingerprint density at radius 3 is 2.76 bits per heavy atom. The van der Waals surface area contributed by atoms with Crippen molar-refractivity contribution in [1.29, 1.82) is 0 Å². The van der Waals surface area contributed by atoms with E-state index in [1.165, 1.54) is 0 Å². The number of hydrogen-bond acceptors (Lipinski definition) is 6. The first kappa shape index (κ1) is 17.8. The molecule has 0 aromatic heterocycles. The number of likely N-dealkylation sites (tertiary alicyclic amines) is 1.